The van der Waals surface area contributed by atoms with Crippen LogP contribution in [0.3, 0.4) is 0 Å². The van der Waals surface area contributed by atoms with E-state index < -0.39 is 29.9 Å². The first-order valence-electron chi connectivity index (χ1n) is 5.58. The minimum absolute atomic E-state index is 0.110. The Labute approximate surface area is 120 Å². The van der Waals surface area contributed by atoms with Crippen molar-refractivity contribution in [2.24, 2.45) is 0 Å². The van der Waals surface area contributed by atoms with Gasteiger partial charge in [0, 0.05) is 12.3 Å². The molecule has 19 heavy (non-hydrogen) atoms. The second kappa shape index (κ2) is 5.30. The van der Waals surface area contributed by atoms with Gasteiger partial charge in [-0.1, -0.05) is 6.58 Å². The maximum Gasteiger partial charge on any atom is 0.250 e. The van der Waals surface area contributed by atoms with Crippen molar-refractivity contribution < 1.29 is 19.7 Å². The van der Waals surface area contributed by atoms with Crippen molar-refractivity contribution in [1.82, 2.24) is 10.2 Å². The van der Waals surface area contributed by atoms with E-state index in [1.807, 2.05) is 0 Å². The van der Waals surface area contributed by atoms with Crippen LogP contribution in [0.15, 0.2) is 24.7 Å². The maximum atomic E-state index is 11.1. The Hall–Kier alpha value is -0.790. The molecule has 0 aliphatic carbocycles. The van der Waals surface area contributed by atoms with Crippen molar-refractivity contribution in [3.63, 3.8) is 0 Å². The highest BCUT2D eigenvalue weighted by Crippen LogP contribution is 2.38. The van der Waals surface area contributed by atoms with Gasteiger partial charge in [0.05, 0.1) is 12.5 Å². The molecule has 0 aromatic rings. The number of halogens is 2. The highest BCUT2D eigenvalue weighted by molar-refractivity contribution is 6.22. The minimum atomic E-state index is -1.33. The normalized spacial score (nSPS) is 38.7. The van der Waals surface area contributed by atoms with Gasteiger partial charge < -0.3 is 25.2 Å². The van der Waals surface area contributed by atoms with Crippen LogP contribution < -0.4 is 5.32 Å². The van der Waals surface area contributed by atoms with Crippen molar-refractivity contribution in [3.05, 3.63) is 24.7 Å². The number of aliphatic hydroxyl groups excluding tert-OH is 2. The zero-order valence-corrected chi connectivity index (χ0v) is 11.4. The first kappa shape index (κ1) is 14.6. The summed E-state index contributed by atoms with van der Waals surface area (Å²) in [4.78, 5) is 12.6. The second-order valence-corrected chi connectivity index (χ2v) is 5.18. The Morgan fingerprint density at radius 2 is 2.32 bits per heavy atom. The number of ether oxygens (including phenoxy) is 1. The van der Waals surface area contributed by atoms with E-state index >= 15 is 0 Å². The fourth-order valence-electron chi connectivity index (χ4n) is 2.04. The lowest BCUT2D eigenvalue weighted by Crippen LogP contribution is -2.47. The van der Waals surface area contributed by atoms with Crippen LogP contribution in [0.2, 0.25) is 0 Å². The average Bonchev–Trinajstić information content (AvgIpc) is 2.64. The predicted octanol–water partition coefficient (Wildman–Crippen LogP) is -0.302. The number of hydrogen-bond donors (Lipinski definition) is 3. The van der Waals surface area contributed by atoms with E-state index in [0.29, 0.717) is 0 Å². The van der Waals surface area contributed by atoms with E-state index in [9.17, 15) is 15.0 Å². The first-order chi connectivity index (χ1) is 8.95. The molecule has 106 valence electrons. The summed E-state index contributed by atoms with van der Waals surface area (Å²) in [5.74, 6) is -0.142. The Kier molecular flexibility index (Phi) is 4.08. The number of alkyl halides is 2. The van der Waals surface area contributed by atoms with Gasteiger partial charge in [-0.15, -0.1) is 23.2 Å². The van der Waals surface area contributed by atoms with Crippen LogP contribution in [-0.2, 0) is 9.53 Å². The lowest BCUT2D eigenvalue weighted by Gasteiger charge is -2.33. The third kappa shape index (κ3) is 2.34. The van der Waals surface area contributed by atoms with Gasteiger partial charge in [-0.05, 0) is 0 Å². The van der Waals surface area contributed by atoms with Crippen molar-refractivity contribution in [3.8, 4) is 0 Å². The zero-order valence-electron chi connectivity index (χ0n) is 9.92. The molecule has 1 fully saturated rings. The zero-order chi connectivity index (χ0) is 14.2. The molecule has 0 aromatic carbocycles. The lowest BCUT2D eigenvalue weighted by atomic mass is 10.00. The molecule has 0 bridgehead atoms. The molecule has 6 nitrogen and oxygen atoms in total. The highest BCUT2D eigenvalue weighted by Gasteiger charge is 2.55. The predicted molar refractivity (Wildman–Crippen MR) is 69.3 cm³/mol. The van der Waals surface area contributed by atoms with Crippen LogP contribution >= 0.6 is 23.2 Å². The van der Waals surface area contributed by atoms with Crippen LogP contribution in [0, 0.1) is 0 Å². The van der Waals surface area contributed by atoms with Gasteiger partial charge in [-0.3, -0.25) is 4.79 Å². The first-order valence-corrected chi connectivity index (χ1v) is 6.55. The molecule has 0 spiro atoms. The number of hydrogen-bond acceptors (Lipinski definition) is 5. The van der Waals surface area contributed by atoms with Crippen LogP contribution in [0.1, 0.15) is 0 Å². The molecular formula is C11H14Cl2N2O4. The molecule has 0 aromatic heterocycles. The molecule has 2 aliphatic heterocycles. The van der Waals surface area contributed by atoms with E-state index in [1.54, 1.807) is 0 Å². The van der Waals surface area contributed by atoms with Crippen LogP contribution in [0.25, 0.3) is 0 Å². The number of carbonyl (C=O) groups excluding carboxylic acids is 1. The average molecular weight is 309 g/mol. The number of carbonyl (C=O) groups is 1. The number of aliphatic hydroxyl groups is 2. The fraction of sp³-hybridized carbons (Fsp3) is 0.545. The van der Waals surface area contributed by atoms with Crippen LogP contribution in [0.4, 0.5) is 0 Å². The summed E-state index contributed by atoms with van der Waals surface area (Å²) in [6.07, 6.45) is 0.816. The number of nitrogens with zero attached hydrogens (tertiary/aromatic N) is 1. The summed E-state index contributed by atoms with van der Waals surface area (Å²) in [5.41, 5.74) is -1.33. The summed E-state index contributed by atoms with van der Waals surface area (Å²) in [6.45, 7) is 3.21. The molecule has 0 saturated carbocycles. The van der Waals surface area contributed by atoms with E-state index in [4.69, 9.17) is 27.9 Å². The number of nitrogens with one attached hydrogen (secondary N) is 1. The largest absolute Gasteiger partial charge is 0.393 e. The van der Waals surface area contributed by atoms with Gasteiger partial charge in [0.2, 0.25) is 0 Å². The summed E-state index contributed by atoms with van der Waals surface area (Å²) < 4.78 is 5.62. The molecule has 8 heteroatoms. The van der Waals surface area contributed by atoms with Gasteiger partial charge >= 0.3 is 0 Å². The topological polar surface area (TPSA) is 82.0 Å². The number of rotatable bonds is 3. The van der Waals surface area contributed by atoms with Crippen molar-refractivity contribution in [1.29, 1.82) is 0 Å². The molecule has 2 heterocycles. The van der Waals surface area contributed by atoms with E-state index in [2.05, 4.69) is 11.9 Å². The molecule has 1 saturated heterocycles. The van der Waals surface area contributed by atoms with E-state index in [1.165, 1.54) is 17.2 Å². The third-order valence-corrected chi connectivity index (χ3v) is 4.11. The third-order valence-electron chi connectivity index (χ3n) is 3.20. The smallest absolute Gasteiger partial charge is 0.250 e. The summed E-state index contributed by atoms with van der Waals surface area (Å²) in [7, 11) is 0. The highest BCUT2D eigenvalue weighted by atomic mass is 35.5. The van der Waals surface area contributed by atoms with Crippen LogP contribution in [-0.4, -0.2) is 56.8 Å². The monoisotopic (exact) mass is 308 g/mol. The minimum Gasteiger partial charge on any atom is -0.393 e. The molecule has 2 rings (SSSR count). The summed E-state index contributed by atoms with van der Waals surface area (Å²) >= 11 is 11.9. The molecule has 0 unspecified atom stereocenters. The Balaban J connectivity index is 2.25. The van der Waals surface area contributed by atoms with Crippen molar-refractivity contribution in [2.75, 3.05) is 12.5 Å². The summed E-state index contributed by atoms with van der Waals surface area (Å²) in [5, 5.41) is 21.1. The van der Waals surface area contributed by atoms with Gasteiger partial charge in [-0.2, -0.15) is 0 Å². The van der Waals surface area contributed by atoms with Gasteiger partial charge in [-0.25, -0.2) is 0 Å². The SMILES string of the molecule is C=C1NC(=O)C=CN1[C@@H]1O[C@@](CO)(CCl)[C@@H](O)[C@H]1Cl. The van der Waals surface area contributed by atoms with Crippen molar-refractivity contribution >= 4 is 29.1 Å². The Morgan fingerprint density at radius 1 is 1.63 bits per heavy atom. The number of amides is 1. The quantitative estimate of drug-likeness (QED) is 0.624. The molecule has 0 radical (unpaired) electrons. The standard InChI is InChI=1S/C11H14Cl2N2O4/c1-6-14-7(17)2-3-15(6)10-8(13)9(18)11(4-12,5-16)19-10/h2-3,8-10,16,18H,1,4-5H2,(H,14,17)/t8-,9+,10-,11-/m1/s1. The van der Waals surface area contributed by atoms with Crippen molar-refractivity contribution in [2.45, 2.75) is 23.3 Å². The van der Waals surface area contributed by atoms with Gasteiger partial charge in [0.15, 0.2) is 6.23 Å². The second-order valence-electron chi connectivity index (χ2n) is 4.41. The molecule has 4 atom stereocenters. The molecular weight excluding hydrogens is 295 g/mol. The summed E-state index contributed by atoms with van der Waals surface area (Å²) in [6, 6.07) is 0. The molecule has 1 amide bonds. The Bertz CT molecular complexity index is 425. The molecule has 3 N–H and O–H groups in total. The van der Waals surface area contributed by atoms with Gasteiger partial charge in [0.1, 0.15) is 22.9 Å². The van der Waals surface area contributed by atoms with Gasteiger partial charge in [0.25, 0.3) is 5.91 Å². The fourth-order valence-corrected chi connectivity index (χ4v) is 2.75. The van der Waals surface area contributed by atoms with E-state index in [-0.39, 0.29) is 17.6 Å². The Morgan fingerprint density at radius 3 is 2.79 bits per heavy atom. The molecule has 2 aliphatic rings. The maximum absolute atomic E-state index is 11.1. The van der Waals surface area contributed by atoms with E-state index in [0.717, 1.165) is 0 Å². The van der Waals surface area contributed by atoms with Crippen LogP contribution in [0.5, 0.6) is 0 Å². The lowest BCUT2D eigenvalue weighted by molar-refractivity contribution is -0.125.